The molecule has 0 heterocycles. The van der Waals surface area contributed by atoms with Crippen LogP contribution in [-0.4, -0.2) is 31.7 Å². The van der Waals surface area contributed by atoms with E-state index in [9.17, 15) is 0 Å². The molecule has 18 heavy (non-hydrogen) atoms. The second-order valence-corrected chi connectivity index (χ2v) is 6.56. The van der Waals surface area contributed by atoms with E-state index < -0.39 is 0 Å². The van der Waals surface area contributed by atoms with Gasteiger partial charge in [0.1, 0.15) is 0 Å². The zero-order chi connectivity index (χ0) is 13.7. The lowest BCUT2D eigenvalue weighted by atomic mass is 10.1. The number of hydrogen-bond donors (Lipinski definition) is 0. The highest BCUT2D eigenvalue weighted by atomic mass is 15.3. The number of rotatable bonds is 13. The van der Waals surface area contributed by atoms with E-state index in [0.29, 0.717) is 0 Å². The van der Waals surface area contributed by atoms with Gasteiger partial charge < -0.3 is 4.48 Å². The number of unbranched alkanes of at least 4 members (excludes halogenated alkanes) is 9. The van der Waals surface area contributed by atoms with Gasteiger partial charge in [-0.1, -0.05) is 58.8 Å². The van der Waals surface area contributed by atoms with Crippen molar-refractivity contribution in [3.63, 3.8) is 0 Å². The molecule has 0 aromatic heterocycles. The normalized spacial score (nSPS) is 12.0. The minimum Gasteiger partial charge on any atom is -0.328 e. The molecule has 1 nitrogen and oxygen atoms in total. The molecule has 0 saturated carbocycles. The van der Waals surface area contributed by atoms with Crippen LogP contribution in [0.5, 0.6) is 0 Å². The van der Waals surface area contributed by atoms with E-state index in [4.69, 9.17) is 0 Å². The third-order valence-electron chi connectivity index (χ3n) is 3.98. The molecule has 0 N–H and O–H groups in total. The fraction of sp³-hybridized carbons (Fsp3) is 1.00. The zero-order valence-corrected chi connectivity index (χ0v) is 13.6. The summed E-state index contributed by atoms with van der Waals surface area (Å²) in [5, 5.41) is 0. The second-order valence-electron chi connectivity index (χ2n) is 6.56. The van der Waals surface area contributed by atoms with Gasteiger partial charge >= 0.3 is 0 Å². The Bertz CT molecular complexity index is 163. The van der Waals surface area contributed by atoms with Gasteiger partial charge in [-0.3, -0.25) is 0 Å². The minimum atomic E-state index is 1.23. The van der Waals surface area contributed by atoms with Crippen LogP contribution in [0.25, 0.3) is 0 Å². The predicted molar refractivity (Wildman–Crippen MR) is 84.0 cm³/mol. The summed E-state index contributed by atoms with van der Waals surface area (Å²) in [5.41, 5.74) is 0. The first-order valence-electron chi connectivity index (χ1n) is 8.44. The van der Waals surface area contributed by atoms with E-state index in [1.54, 1.807) is 0 Å². The summed E-state index contributed by atoms with van der Waals surface area (Å²) in [6.45, 7) is 7.33. The molecule has 0 saturated heterocycles. The molecule has 0 aromatic carbocycles. The highest BCUT2D eigenvalue weighted by molar-refractivity contribution is 4.46. The van der Waals surface area contributed by atoms with E-state index in [1.807, 2.05) is 0 Å². The molecular formula is C17H38N+. The minimum absolute atomic E-state index is 1.23. The van der Waals surface area contributed by atoms with Crippen LogP contribution in [0.3, 0.4) is 0 Å². The zero-order valence-electron chi connectivity index (χ0n) is 13.6. The summed E-state index contributed by atoms with van der Waals surface area (Å²) in [7, 11) is 4.81. The number of hydrogen-bond acceptors (Lipinski definition) is 0. The molecule has 0 radical (unpaired) electrons. The Morgan fingerprint density at radius 3 is 1.28 bits per heavy atom. The quantitative estimate of drug-likeness (QED) is 0.306. The molecule has 0 rings (SSSR count). The average Bonchev–Trinajstić information content (AvgIpc) is 2.34. The Kier molecular flexibility index (Phi) is 12.0. The number of quaternary nitrogens is 1. The summed E-state index contributed by atoms with van der Waals surface area (Å²) < 4.78 is 1.23. The third kappa shape index (κ3) is 12.4. The van der Waals surface area contributed by atoms with Crippen molar-refractivity contribution < 1.29 is 4.48 Å². The molecule has 0 aromatic rings. The van der Waals surface area contributed by atoms with Crippen LogP contribution in [0, 0.1) is 0 Å². The molecule has 0 aliphatic rings. The Labute approximate surface area is 117 Å². The van der Waals surface area contributed by atoms with Crippen LogP contribution < -0.4 is 0 Å². The number of nitrogens with zero attached hydrogens (tertiary/aromatic N) is 1. The highest BCUT2D eigenvalue weighted by Gasteiger charge is 2.13. The van der Waals surface area contributed by atoms with E-state index in [0.717, 1.165) is 0 Å². The maximum atomic E-state index is 2.41. The summed E-state index contributed by atoms with van der Waals surface area (Å²) in [6.07, 6.45) is 15.6. The van der Waals surface area contributed by atoms with Crippen LogP contribution in [0.4, 0.5) is 0 Å². The molecular weight excluding hydrogens is 218 g/mol. The van der Waals surface area contributed by atoms with Crippen molar-refractivity contribution in [1.82, 2.24) is 0 Å². The largest absolute Gasteiger partial charge is 0.328 e. The molecule has 0 aliphatic heterocycles. The fourth-order valence-corrected chi connectivity index (χ4v) is 2.58. The lowest BCUT2D eigenvalue weighted by molar-refractivity contribution is -0.890. The Hall–Kier alpha value is -0.0400. The van der Waals surface area contributed by atoms with Crippen molar-refractivity contribution in [1.29, 1.82) is 0 Å². The first-order valence-corrected chi connectivity index (χ1v) is 8.44. The van der Waals surface area contributed by atoms with Gasteiger partial charge in [-0.25, -0.2) is 0 Å². The van der Waals surface area contributed by atoms with Gasteiger partial charge in [0.15, 0.2) is 0 Å². The molecule has 0 fully saturated rings. The van der Waals surface area contributed by atoms with Crippen molar-refractivity contribution in [3.8, 4) is 0 Å². The molecule has 0 amide bonds. The summed E-state index contributed by atoms with van der Waals surface area (Å²) in [5.74, 6) is 0. The molecule has 0 bridgehead atoms. The second kappa shape index (κ2) is 12.0. The van der Waals surface area contributed by atoms with Crippen molar-refractivity contribution >= 4 is 0 Å². The molecule has 0 aliphatic carbocycles. The smallest absolute Gasteiger partial charge is 0.0782 e. The Morgan fingerprint density at radius 2 is 0.833 bits per heavy atom. The maximum Gasteiger partial charge on any atom is 0.0782 e. The van der Waals surface area contributed by atoms with Gasteiger partial charge in [0.25, 0.3) is 0 Å². The van der Waals surface area contributed by atoms with E-state index in [2.05, 4.69) is 27.9 Å². The van der Waals surface area contributed by atoms with E-state index in [-0.39, 0.29) is 0 Å². The summed E-state index contributed by atoms with van der Waals surface area (Å²) in [4.78, 5) is 0. The predicted octanol–water partition coefficient (Wildman–Crippen LogP) is 5.39. The van der Waals surface area contributed by atoms with Gasteiger partial charge in [-0.05, 0) is 25.7 Å². The molecule has 0 atom stereocenters. The van der Waals surface area contributed by atoms with Gasteiger partial charge in [0.05, 0.1) is 27.2 Å². The van der Waals surface area contributed by atoms with Gasteiger partial charge in [0.2, 0.25) is 0 Å². The molecule has 0 spiro atoms. The third-order valence-corrected chi connectivity index (χ3v) is 3.98. The molecule has 1 heteroatoms. The van der Waals surface area contributed by atoms with E-state index >= 15 is 0 Å². The fourth-order valence-electron chi connectivity index (χ4n) is 2.58. The summed E-state index contributed by atoms with van der Waals surface area (Å²) >= 11 is 0. The first-order chi connectivity index (χ1) is 8.62. The molecule has 0 unspecified atom stereocenters. The van der Waals surface area contributed by atoms with Crippen LogP contribution >= 0.6 is 0 Å². The van der Waals surface area contributed by atoms with Crippen LogP contribution in [0.2, 0.25) is 0 Å². The first kappa shape index (κ1) is 18.0. The van der Waals surface area contributed by atoms with Gasteiger partial charge in [-0.2, -0.15) is 0 Å². The topological polar surface area (TPSA) is 0 Å². The molecule has 110 valence electrons. The van der Waals surface area contributed by atoms with Crippen LogP contribution in [0.1, 0.15) is 84.5 Å². The van der Waals surface area contributed by atoms with Gasteiger partial charge in [-0.15, -0.1) is 0 Å². The van der Waals surface area contributed by atoms with Crippen molar-refractivity contribution in [2.45, 2.75) is 84.5 Å². The van der Waals surface area contributed by atoms with Gasteiger partial charge in [0, 0.05) is 0 Å². The van der Waals surface area contributed by atoms with E-state index in [1.165, 1.54) is 88.2 Å². The maximum absolute atomic E-state index is 2.41. The van der Waals surface area contributed by atoms with Crippen molar-refractivity contribution in [2.24, 2.45) is 0 Å². The monoisotopic (exact) mass is 256 g/mol. The average molecular weight is 256 g/mol. The van der Waals surface area contributed by atoms with Crippen molar-refractivity contribution in [3.05, 3.63) is 0 Å². The summed E-state index contributed by atoms with van der Waals surface area (Å²) in [6, 6.07) is 0. The lowest BCUT2D eigenvalue weighted by Crippen LogP contribution is -2.41. The highest BCUT2D eigenvalue weighted by Crippen LogP contribution is 2.10. The van der Waals surface area contributed by atoms with Crippen LogP contribution in [-0.2, 0) is 0 Å². The van der Waals surface area contributed by atoms with Crippen LogP contribution in [0.15, 0.2) is 0 Å². The Morgan fingerprint density at radius 1 is 0.500 bits per heavy atom. The standard InChI is InChI=1S/C17H38N/c1-5-7-9-11-12-13-15-17-18(3,4)16-14-10-8-6-2/h5-17H2,1-4H3/q+1. The SMILES string of the molecule is CCCCCCCCC[N+](C)(C)CCCCCC. The Balaban J connectivity index is 3.34. The van der Waals surface area contributed by atoms with Crippen molar-refractivity contribution in [2.75, 3.05) is 27.2 Å². The lowest BCUT2D eigenvalue weighted by Gasteiger charge is -2.30.